The third-order valence-corrected chi connectivity index (χ3v) is 3.73. The Kier molecular flexibility index (Phi) is 3.36. The van der Waals surface area contributed by atoms with E-state index in [1.807, 2.05) is 32.0 Å². The van der Waals surface area contributed by atoms with Crippen LogP contribution in [0.4, 0.5) is 0 Å². The van der Waals surface area contributed by atoms with Gasteiger partial charge in [0.05, 0.1) is 12.7 Å². The summed E-state index contributed by atoms with van der Waals surface area (Å²) in [6.07, 6.45) is 2.87. The summed E-state index contributed by atoms with van der Waals surface area (Å²) in [6.45, 7) is 3.80. The number of benzene rings is 1. The first-order valence-corrected chi connectivity index (χ1v) is 6.95. The smallest absolute Gasteiger partial charge is 0.264 e. The molecule has 0 aliphatic rings. The average Bonchev–Trinajstić information content (AvgIpc) is 2.86. The summed E-state index contributed by atoms with van der Waals surface area (Å²) in [4.78, 5) is 29.0. The molecular weight excluding hydrogens is 280 g/mol. The van der Waals surface area contributed by atoms with Gasteiger partial charge in [-0.2, -0.15) is 5.10 Å². The summed E-state index contributed by atoms with van der Waals surface area (Å²) in [6, 6.07) is 5.72. The molecule has 0 bridgehead atoms. The van der Waals surface area contributed by atoms with E-state index in [0.717, 1.165) is 11.1 Å². The van der Waals surface area contributed by atoms with Crippen molar-refractivity contribution in [3.8, 4) is 0 Å². The van der Waals surface area contributed by atoms with E-state index in [9.17, 15) is 9.59 Å². The van der Waals surface area contributed by atoms with E-state index in [0.29, 0.717) is 16.6 Å². The fourth-order valence-electron chi connectivity index (χ4n) is 2.46. The number of ketones is 1. The predicted octanol–water partition coefficient (Wildman–Crippen LogP) is 1.63. The molecule has 0 amide bonds. The molecule has 2 heterocycles. The SMILES string of the molecule is Cc1ccc(C)c(C(=O)Cn2cnc3c(cnn3C)c2=O)c1. The molecule has 0 aliphatic carbocycles. The number of fused-ring (bicyclic) bond motifs is 1. The normalized spacial score (nSPS) is 11.0. The lowest BCUT2D eigenvalue weighted by atomic mass is 10.0. The van der Waals surface area contributed by atoms with E-state index >= 15 is 0 Å². The molecule has 3 aromatic rings. The van der Waals surface area contributed by atoms with Crippen LogP contribution in [-0.2, 0) is 13.6 Å². The number of rotatable bonds is 3. The van der Waals surface area contributed by atoms with E-state index in [4.69, 9.17) is 0 Å². The molecule has 0 saturated carbocycles. The van der Waals surface area contributed by atoms with Gasteiger partial charge < -0.3 is 0 Å². The van der Waals surface area contributed by atoms with Gasteiger partial charge in [-0.15, -0.1) is 0 Å². The van der Waals surface area contributed by atoms with Gasteiger partial charge in [0.2, 0.25) is 0 Å². The highest BCUT2D eigenvalue weighted by Crippen LogP contribution is 2.12. The zero-order valence-corrected chi connectivity index (χ0v) is 12.7. The maximum atomic E-state index is 12.5. The first kappa shape index (κ1) is 14.2. The summed E-state index contributed by atoms with van der Waals surface area (Å²) in [7, 11) is 1.72. The van der Waals surface area contributed by atoms with Gasteiger partial charge in [0, 0.05) is 12.6 Å². The van der Waals surface area contributed by atoms with Crippen LogP contribution in [0.1, 0.15) is 21.5 Å². The Labute approximate surface area is 127 Å². The Morgan fingerprint density at radius 2 is 2.05 bits per heavy atom. The molecule has 0 spiro atoms. The van der Waals surface area contributed by atoms with E-state index in [1.165, 1.54) is 21.8 Å². The van der Waals surface area contributed by atoms with Crippen LogP contribution in [0.25, 0.3) is 11.0 Å². The van der Waals surface area contributed by atoms with E-state index in [1.54, 1.807) is 7.05 Å². The molecular formula is C16H16N4O2. The minimum absolute atomic E-state index is 0.0268. The second kappa shape index (κ2) is 5.22. The first-order chi connectivity index (χ1) is 10.5. The van der Waals surface area contributed by atoms with Crippen molar-refractivity contribution in [2.45, 2.75) is 20.4 Å². The maximum absolute atomic E-state index is 12.5. The number of hydrogen-bond donors (Lipinski definition) is 0. The van der Waals surface area contributed by atoms with Crippen LogP contribution in [0.3, 0.4) is 0 Å². The molecule has 112 valence electrons. The van der Waals surface area contributed by atoms with Gasteiger partial charge in [-0.3, -0.25) is 18.8 Å². The molecule has 1 aromatic carbocycles. The van der Waals surface area contributed by atoms with Gasteiger partial charge in [-0.25, -0.2) is 4.98 Å². The predicted molar refractivity (Wildman–Crippen MR) is 83.0 cm³/mol. The van der Waals surface area contributed by atoms with Crippen molar-refractivity contribution < 1.29 is 4.79 Å². The van der Waals surface area contributed by atoms with Crippen molar-refractivity contribution in [1.29, 1.82) is 0 Å². The van der Waals surface area contributed by atoms with Crippen molar-refractivity contribution in [2.24, 2.45) is 7.05 Å². The van der Waals surface area contributed by atoms with E-state index in [2.05, 4.69) is 10.1 Å². The van der Waals surface area contributed by atoms with E-state index < -0.39 is 0 Å². The number of carbonyl (C=O) groups is 1. The minimum Gasteiger partial charge on any atom is -0.292 e. The lowest BCUT2D eigenvalue weighted by Crippen LogP contribution is -2.25. The fraction of sp³-hybridized carbons (Fsp3) is 0.250. The average molecular weight is 296 g/mol. The molecule has 0 saturated heterocycles. The minimum atomic E-state index is -0.253. The highest BCUT2D eigenvalue weighted by Gasteiger charge is 2.13. The Morgan fingerprint density at radius 3 is 2.82 bits per heavy atom. The second-order valence-electron chi connectivity index (χ2n) is 5.42. The standard InChI is InChI=1S/C16H16N4O2/c1-10-4-5-11(2)12(6-10)14(21)8-20-9-17-15-13(16(20)22)7-18-19(15)3/h4-7,9H,8H2,1-3H3. The Hall–Kier alpha value is -2.76. The van der Waals surface area contributed by atoms with Crippen molar-refractivity contribution in [3.05, 3.63) is 57.8 Å². The molecule has 0 atom stereocenters. The van der Waals surface area contributed by atoms with Crippen LogP contribution in [-0.4, -0.2) is 25.1 Å². The van der Waals surface area contributed by atoms with Crippen molar-refractivity contribution >= 4 is 16.8 Å². The van der Waals surface area contributed by atoms with Crippen molar-refractivity contribution in [3.63, 3.8) is 0 Å². The molecule has 6 nitrogen and oxygen atoms in total. The number of aromatic nitrogens is 4. The van der Waals surface area contributed by atoms with Gasteiger partial charge >= 0.3 is 0 Å². The molecule has 0 unspecified atom stereocenters. The van der Waals surface area contributed by atoms with Crippen LogP contribution in [0.5, 0.6) is 0 Å². The summed E-state index contributed by atoms with van der Waals surface area (Å²) >= 11 is 0. The first-order valence-electron chi connectivity index (χ1n) is 6.95. The van der Waals surface area contributed by atoms with Gasteiger partial charge in [-0.05, 0) is 25.5 Å². The number of aryl methyl sites for hydroxylation is 3. The zero-order valence-electron chi connectivity index (χ0n) is 12.7. The van der Waals surface area contributed by atoms with Gasteiger partial charge in [0.25, 0.3) is 5.56 Å². The molecule has 6 heteroatoms. The van der Waals surface area contributed by atoms with E-state index in [-0.39, 0.29) is 17.9 Å². The number of nitrogens with zero attached hydrogens (tertiary/aromatic N) is 4. The maximum Gasteiger partial charge on any atom is 0.264 e. The molecule has 22 heavy (non-hydrogen) atoms. The van der Waals surface area contributed by atoms with Gasteiger partial charge in [-0.1, -0.05) is 17.7 Å². The third kappa shape index (κ3) is 2.32. The van der Waals surface area contributed by atoms with Crippen molar-refractivity contribution in [1.82, 2.24) is 19.3 Å². The topological polar surface area (TPSA) is 69.8 Å². The second-order valence-corrected chi connectivity index (χ2v) is 5.42. The summed E-state index contributed by atoms with van der Waals surface area (Å²) in [5, 5.41) is 4.43. The van der Waals surface area contributed by atoms with Gasteiger partial charge in [0.15, 0.2) is 11.4 Å². The Morgan fingerprint density at radius 1 is 1.27 bits per heavy atom. The molecule has 0 radical (unpaired) electrons. The Bertz CT molecular complexity index is 937. The molecule has 0 fully saturated rings. The molecule has 0 aliphatic heterocycles. The lowest BCUT2D eigenvalue weighted by molar-refractivity contribution is 0.0970. The van der Waals surface area contributed by atoms with Crippen LogP contribution < -0.4 is 5.56 Å². The summed E-state index contributed by atoms with van der Waals surface area (Å²) in [5.74, 6) is -0.103. The largest absolute Gasteiger partial charge is 0.292 e. The number of hydrogen-bond acceptors (Lipinski definition) is 4. The van der Waals surface area contributed by atoms with Gasteiger partial charge in [0.1, 0.15) is 11.7 Å². The lowest BCUT2D eigenvalue weighted by Gasteiger charge is -2.08. The third-order valence-electron chi connectivity index (χ3n) is 3.73. The molecule has 2 aromatic heterocycles. The van der Waals surface area contributed by atoms with Crippen LogP contribution in [0.2, 0.25) is 0 Å². The summed E-state index contributed by atoms with van der Waals surface area (Å²) < 4.78 is 2.86. The summed E-state index contributed by atoms with van der Waals surface area (Å²) in [5.41, 5.74) is 2.82. The highest BCUT2D eigenvalue weighted by molar-refractivity contribution is 5.97. The van der Waals surface area contributed by atoms with Crippen LogP contribution >= 0.6 is 0 Å². The van der Waals surface area contributed by atoms with Crippen molar-refractivity contribution in [2.75, 3.05) is 0 Å². The zero-order chi connectivity index (χ0) is 15.9. The molecule has 3 rings (SSSR count). The highest BCUT2D eigenvalue weighted by atomic mass is 16.1. The number of carbonyl (C=O) groups excluding carboxylic acids is 1. The molecule has 0 N–H and O–H groups in total. The number of Topliss-reactive ketones (excluding diaryl/α,β-unsaturated/α-hetero) is 1. The quantitative estimate of drug-likeness (QED) is 0.689. The fourth-order valence-corrected chi connectivity index (χ4v) is 2.46. The van der Waals surface area contributed by atoms with Crippen LogP contribution in [0.15, 0.2) is 35.5 Å². The monoisotopic (exact) mass is 296 g/mol. The Balaban J connectivity index is 1.99. The van der Waals surface area contributed by atoms with Crippen LogP contribution in [0, 0.1) is 13.8 Å².